The van der Waals surface area contributed by atoms with Gasteiger partial charge in [0.15, 0.2) is 0 Å². The third kappa shape index (κ3) is 6.65. The molecule has 0 bridgehead atoms. The van der Waals surface area contributed by atoms with Crippen LogP contribution in [-0.4, -0.2) is 41.4 Å². The number of hydrogen-bond acceptors (Lipinski definition) is 5. The first-order chi connectivity index (χ1) is 18.0. The number of methoxy groups -OCH3 is 1. The van der Waals surface area contributed by atoms with Gasteiger partial charge in [-0.2, -0.15) is 0 Å². The van der Waals surface area contributed by atoms with Crippen molar-refractivity contribution in [3.8, 4) is 11.4 Å². The van der Waals surface area contributed by atoms with Crippen molar-refractivity contribution in [2.24, 2.45) is 12.5 Å². The Balaban J connectivity index is 1.77. The van der Waals surface area contributed by atoms with Crippen LogP contribution in [0.5, 0.6) is 5.75 Å². The SMILES string of the molecule is CCOc1ccc(Cl)cc1C(=O)NCC(C)(C)CC(=O)Nc1c(C(C)OC)n(C)n(-c2ccccc2)c1=O. The van der Waals surface area contributed by atoms with E-state index in [2.05, 4.69) is 10.6 Å². The highest BCUT2D eigenvalue weighted by molar-refractivity contribution is 6.31. The fourth-order valence-corrected chi connectivity index (χ4v) is 4.41. The lowest BCUT2D eigenvalue weighted by Crippen LogP contribution is -2.37. The number of ether oxygens (including phenoxy) is 2. The number of rotatable bonds is 11. The van der Waals surface area contributed by atoms with Crippen molar-refractivity contribution in [1.82, 2.24) is 14.7 Å². The van der Waals surface area contributed by atoms with Crippen molar-refractivity contribution < 1.29 is 19.1 Å². The van der Waals surface area contributed by atoms with Gasteiger partial charge in [-0.05, 0) is 49.6 Å². The number of halogens is 1. The van der Waals surface area contributed by atoms with Gasteiger partial charge >= 0.3 is 0 Å². The highest BCUT2D eigenvalue weighted by Crippen LogP contribution is 2.27. The lowest BCUT2D eigenvalue weighted by atomic mass is 9.88. The van der Waals surface area contributed by atoms with Gasteiger partial charge in [-0.1, -0.05) is 43.6 Å². The highest BCUT2D eigenvalue weighted by Gasteiger charge is 2.28. The number of para-hydroxylation sites is 1. The number of carbonyl (C=O) groups excluding carboxylic acids is 2. The van der Waals surface area contributed by atoms with E-state index in [1.165, 1.54) is 4.68 Å². The maximum atomic E-state index is 13.4. The zero-order valence-corrected chi connectivity index (χ0v) is 23.4. The minimum atomic E-state index is -0.621. The van der Waals surface area contributed by atoms with Crippen molar-refractivity contribution in [3.05, 3.63) is 75.2 Å². The van der Waals surface area contributed by atoms with E-state index in [0.717, 1.165) is 0 Å². The number of nitrogens with zero attached hydrogens (tertiary/aromatic N) is 2. The molecule has 10 heteroatoms. The summed E-state index contributed by atoms with van der Waals surface area (Å²) in [5.74, 6) is -0.271. The Bertz CT molecular complexity index is 1350. The number of hydrogen-bond donors (Lipinski definition) is 2. The predicted molar refractivity (Wildman–Crippen MR) is 148 cm³/mol. The molecule has 1 heterocycles. The van der Waals surface area contributed by atoms with E-state index in [4.69, 9.17) is 21.1 Å². The summed E-state index contributed by atoms with van der Waals surface area (Å²) in [4.78, 5) is 39.4. The van der Waals surface area contributed by atoms with E-state index < -0.39 is 11.5 Å². The van der Waals surface area contributed by atoms with Crippen LogP contribution in [0.4, 0.5) is 5.69 Å². The maximum Gasteiger partial charge on any atom is 0.295 e. The van der Waals surface area contributed by atoms with Crippen LogP contribution in [0.25, 0.3) is 5.69 Å². The monoisotopic (exact) mass is 542 g/mol. The molecular formula is C28H35ClN4O5. The molecule has 0 aliphatic rings. The molecule has 1 aromatic heterocycles. The molecule has 3 rings (SSSR count). The van der Waals surface area contributed by atoms with E-state index >= 15 is 0 Å². The highest BCUT2D eigenvalue weighted by atomic mass is 35.5. The van der Waals surface area contributed by atoms with Gasteiger partial charge in [-0.3, -0.25) is 19.1 Å². The van der Waals surface area contributed by atoms with Crippen LogP contribution in [0.2, 0.25) is 5.02 Å². The van der Waals surface area contributed by atoms with Crippen molar-refractivity contribution in [1.29, 1.82) is 0 Å². The standard InChI is InChI=1S/C28H35ClN4O5/c1-7-38-22-14-13-19(29)15-21(22)26(35)30-17-28(3,4)16-23(34)31-24-25(18(2)37-6)32(5)33(27(24)36)20-11-9-8-10-12-20/h8-15,18H,7,16-17H2,1-6H3,(H,30,35)(H,31,34). The van der Waals surface area contributed by atoms with Crippen LogP contribution in [0, 0.1) is 5.41 Å². The van der Waals surface area contributed by atoms with Crippen molar-refractivity contribution >= 4 is 29.1 Å². The molecule has 38 heavy (non-hydrogen) atoms. The number of anilines is 1. The number of amides is 2. The summed E-state index contributed by atoms with van der Waals surface area (Å²) in [5, 5.41) is 6.10. The average molecular weight is 543 g/mol. The summed E-state index contributed by atoms with van der Waals surface area (Å²) in [6, 6.07) is 14.0. The third-order valence-electron chi connectivity index (χ3n) is 6.17. The molecule has 9 nitrogen and oxygen atoms in total. The Hall–Kier alpha value is -3.56. The first-order valence-corrected chi connectivity index (χ1v) is 12.8. The van der Waals surface area contributed by atoms with Gasteiger partial charge in [-0.15, -0.1) is 0 Å². The smallest absolute Gasteiger partial charge is 0.295 e. The second-order valence-electron chi connectivity index (χ2n) is 9.76. The molecule has 0 saturated carbocycles. The van der Waals surface area contributed by atoms with Crippen LogP contribution < -0.4 is 20.9 Å². The second-order valence-corrected chi connectivity index (χ2v) is 10.2. The van der Waals surface area contributed by atoms with E-state index in [1.807, 2.05) is 58.0 Å². The van der Waals surface area contributed by atoms with Crippen molar-refractivity contribution in [2.45, 2.75) is 40.2 Å². The van der Waals surface area contributed by atoms with Gasteiger partial charge in [0.1, 0.15) is 11.4 Å². The second kappa shape index (κ2) is 12.3. The predicted octanol–water partition coefficient (Wildman–Crippen LogP) is 4.72. The summed E-state index contributed by atoms with van der Waals surface area (Å²) >= 11 is 6.08. The Morgan fingerprint density at radius 2 is 1.82 bits per heavy atom. The van der Waals surface area contributed by atoms with E-state index in [0.29, 0.717) is 34.3 Å². The summed E-state index contributed by atoms with van der Waals surface area (Å²) in [6.07, 6.45) is -0.390. The fraction of sp³-hybridized carbons (Fsp3) is 0.393. The van der Waals surface area contributed by atoms with E-state index in [9.17, 15) is 14.4 Å². The topological polar surface area (TPSA) is 104 Å². The Morgan fingerprint density at radius 3 is 2.45 bits per heavy atom. The molecule has 0 fully saturated rings. The van der Waals surface area contributed by atoms with Gasteiger partial charge < -0.3 is 20.1 Å². The first-order valence-electron chi connectivity index (χ1n) is 12.4. The van der Waals surface area contributed by atoms with E-state index in [-0.39, 0.29) is 36.0 Å². The number of aromatic nitrogens is 2. The minimum absolute atomic E-state index is 0.0572. The molecule has 204 valence electrons. The molecule has 0 saturated heterocycles. The molecule has 0 aliphatic heterocycles. The minimum Gasteiger partial charge on any atom is -0.493 e. The zero-order valence-electron chi connectivity index (χ0n) is 22.6. The molecule has 1 unspecified atom stereocenters. The Morgan fingerprint density at radius 1 is 1.13 bits per heavy atom. The summed E-state index contributed by atoms with van der Waals surface area (Å²) in [6.45, 7) is 7.98. The maximum absolute atomic E-state index is 13.4. The first kappa shape index (κ1) is 29.0. The van der Waals surface area contributed by atoms with Gasteiger partial charge in [0, 0.05) is 32.1 Å². The molecule has 2 aromatic carbocycles. The third-order valence-corrected chi connectivity index (χ3v) is 6.40. The molecule has 1 atom stereocenters. The van der Waals surface area contributed by atoms with Crippen LogP contribution >= 0.6 is 11.6 Å². The van der Waals surface area contributed by atoms with Gasteiger partial charge in [0.25, 0.3) is 11.5 Å². The fourth-order valence-electron chi connectivity index (χ4n) is 4.23. The largest absolute Gasteiger partial charge is 0.493 e. The Labute approximate surface area is 227 Å². The van der Waals surface area contributed by atoms with Crippen LogP contribution in [0.3, 0.4) is 0 Å². The lowest BCUT2D eigenvalue weighted by Gasteiger charge is -2.24. The summed E-state index contributed by atoms with van der Waals surface area (Å²) in [7, 11) is 3.30. The van der Waals surface area contributed by atoms with Crippen molar-refractivity contribution in [3.63, 3.8) is 0 Å². The zero-order chi connectivity index (χ0) is 28.0. The molecule has 0 spiro atoms. The molecule has 3 aromatic rings. The Kier molecular flexibility index (Phi) is 9.40. The molecule has 2 N–H and O–H groups in total. The lowest BCUT2D eigenvalue weighted by molar-refractivity contribution is -0.118. The molecule has 2 amide bonds. The van der Waals surface area contributed by atoms with Gasteiger partial charge in [0.2, 0.25) is 5.91 Å². The van der Waals surface area contributed by atoms with Crippen LogP contribution in [0.15, 0.2) is 53.3 Å². The molecular weight excluding hydrogens is 508 g/mol. The van der Waals surface area contributed by atoms with Crippen LogP contribution in [0.1, 0.15) is 56.3 Å². The number of benzene rings is 2. The average Bonchev–Trinajstić information content (AvgIpc) is 3.12. The van der Waals surface area contributed by atoms with Crippen molar-refractivity contribution in [2.75, 3.05) is 25.6 Å². The van der Waals surface area contributed by atoms with Gasteiger partial charge in [0.05, 0.1) is 29.7 Å². The summed E-state index contributed by atoms with van der Waals surface area (Å²) in [5.41, 5.74) is 0.719. The molecule has 0 radical (unpaired) electrons. The summed E-state index contributed by atoms with van der Waals surface area (Å²) < 4.78 is 14.2. The molecule has 0 aliphatic carbocycles. The quantitative estimate of drug-likeness (QED) is 0.365. The van der Waals surface area contributed by atoms with E-state index in [1.54, 1.807) is 37.0 Å². The normalized spacial score (nSPS) is 12.2. The van der Waals surface area contributed by atoms with Gasteiger partial charge in [-0.25, -0.2) is 4.68 Å². The van der Waals surface area contributed by atoms with Crippen LogP contribution in [-0.2, 0) is 16.6 Å². The number of nitrogens with one attached hydrogen (secondary N) is 2. The number of carbonyl (C=O) groups is 2.